The summed E-state index contributed by atoms with van der Waals surface area (Å²) in [7, 11) is 0. The van der Waals surface area contributed by atoms with E-state index in [-0.39, 0.29) is 11.1 Å². The Bertz CT molecular complexity index is 430. The minimum absolute atomic E-state index is 0.0305. The highest BCUT2D eigenvalue weighted by Gasteiger charge is 2.07. The number of oxime groups is 1. The molecule has 0 aliphatic rings. The predicted molar refractivity (Wildman–Crippen MR) is 69.4 cm³/mol. The van der Waals surface area contributed by atoms with Crippen LogP contribution in [0.1, 0.15) is 19.4 Å². The molecule has 1 aromatic carbocycles. The molecule has 0 unspecified atom stereocenters. The van der Waals surface area contributed by atoms with Gasteiger partial charge >= 0.3 is 6.09 Å². The van der Waals surface area contributed by atoms with Crippen molar-refractivity contribution >= 4 is 28.6 Å². The SMILES string of the molecule is Cc1ccccc1NC(=O)O/N=C(/Cl)C(C)C. The number of amides is 1. The van der Waals surface area contributed by atoms with E-state index in [1.54, 1.807) is 6.07 Å². The fraction of sp³-hybridized carbons (Fsp3) is 0.333. The Morgan fingerprint density at radius 3 is 2.65 bits per heavy atom. The smallest absolute Gasteiger partial charge is 0.297 e. The summed E-state index contributed by atoms with van der Waals surface area (Å²) in [6.45, 7) is 5.60. The quantitative estimate of drug-likeness (QED) is 0.507. The summed E-state index contributed by atoms with van der Waals surface area (Å²) >= 11 is 5.74. The number of halogens is 1. The van der Waals surface area contributed by atoms with E-state index in [9.17, 15) is 4.79 Å². The van der Waals surface area contributed by atoms with Crippen LogP contribution in [0.3, 0.4) is 0 Å². The fourth-order valence-electron chi connectivity index (χ4n) is 1.04. The van der Waals surface area contributed by atoms with E-state index in [1.807, 2.05) is 39.0 Å². The maximum atomic E-state index is 11.4. The number of hydrogen-bond acceptors (Lipinski definition) is 3. The number of para-hydroxylation sites is 1. The van der Waals surface area contributed by atoms with Crippen molar-refractivity contribution in [3.63, 3.8) is 0 Å². The zero-order chi connectivity index (χ0) is 12.8. The molecule has 0 heterocycles. The van der Waals surface area contributed by atoms with Gasteiger partial charge in [0.15, 0.2) is 0 Å². The van der Waals surface area contributed by atoms with Crippen LogP contribution in [0, 0.1) is 12.8 Å². The zero-order valence-electron chi connectivity index (χ0n) is 10.0. The number of nitrogens with zero attached hydrogens (tertiary/aromatic N) is 1. The number of rotatable bonds is 3. The molecule has 17 heavy (non-hydrogen) atoms. The van der Waals surface area contributed by atoms with Gasteiger partial charge in [-0.3, -0.25) is 10.2 Å². The van der Waals surface area contributed by atoms with E-state index in [2.05, 4.69) is 15.3 Å². The molecule has 1 rings (SSSR count). The molecule has 0 atom stereocenters. The molecule has 0 aromatic heterocycles. The maximum absolute atomic E-state index is 11.4. The molecule has 0 fully saturated rings. The Hall–Kier alpha value is -1.55. The van der Waals surface area contributed by atoms with Crippen molar-refractivity contribution < 1.29 is 9.63 Å². The van der Waals surface area contributed by atoms with Crippen LogP contribution < -0.4 is 5.32 Å². The highest BCUT2D eigenvalue weighted by atomic mass is 35.5. The van der Waals surface area contributed by atoms with Crippen LogP contribution in [0.5, 0.6) is 0 Å². The number of aryl methyl sites for hydroxylation is 1. The Kier molecular flexibility index (Phi) is 4.97. The van der Waals surface area contributed by atoms with Gasteiger partial charge in [-0.05, 0) is 18.6 Å². The van der Waals surface area contributed by atoms with Crippen molar-refractivity contribution in [1.82, 2.24) is 0 Å². The minimum atomic E-state index is -0.655. The van der Waals surface area contributed by atoms with Crippen molar-refractivity contribution in [3.8, 4) is 0 Å². The third-order valence-corrected chi connectivity index (χ3v) is 2.58. The lowest BCUT2D eigenvalue weighted by Gasteiger charge is -2.06. The normalized spacial score (nSPS) is 11.5. The van der Waals surface area contributed by atoms with Crippen LogP contribution in [-0.4, -0.2) is 11.3 Å². The molecule has 0 radical (unpaired) electrons. The first kappa shape index (κ1) is 13.5. The average molecular weight is 255 g/mol. The van der Waals surface area contributed by atoms with E-state index in [0.717, 1.165) is 5.56 Å². The summed E-state index contributed by atoms with van der Waals surface area (Å²) in [6.07, 6.45) is -0.655. The van der Waals surface area contributed by atoms with Crippen LogP contribution >= 0.6 is 11.6 Å². The monoisotopic (exact) mass is 254 g/mol. The van der Waals surface area contributed by atoms with E-state index < -0.39 is 6.09 Å². The Balaban J connectivity index is 2.57. The molecular weight excluding hydrogens is 240 g/mol. The number of nitrogens with one attached hydrogen (secondary N) is 1. The standard InChI is InChI=1S/C12H15ClN2O2/c1-8(2)11(13)15-17-12(16)14-10-7-5-4-6-9(10)3/h4-8H,1-3H3,(H,14,16)/b15-11+. The molecule has 0 bridgehead atoms. The zero-order valence-corrected chi connectivity index (χ0v) is 10.8. The molecule has 0 saturated carbocycles. The lowest BCUT2D eigenvalue weighted by atomic mass is 10.2. The summed E-state index contributed by atoms with van der Waals surface area (Å²) in [5, 5.41) is 6.35. The van der Waals surface area contributed by atoms with Crippen molar-refractivity contribution in [1.29, 1.82) is 0 Å². The third kappa shape index (κ3) is 4.44. The second-order valence-electron chi connectivity index (χ2n) is 3.89. The molecule has 0 aliphatic carbocycles. The summed E-state index contributed by atoms with van der Waals surface area (Å²) in [6, 6.07) is 7.39. The molecule has 92 valence electrons. The first-order valence-electron chi connectivity index (χ1n) is 5.27. The van der Waals surface area contributed by atoms with E-state index in [4.69, 9.17) is 11.6 Å². The molecule has 0 aliphatic heterocycles. The van der Waals surface area contributed by atoms with Gasteiger partial charge in [0.25, 0.3) is 0 Å². The van der Waals surface area contributed by atoms with E-state index in [0.29, 0.717) is 5.69 Å². The summed E-state index contributed by atoms with van der Waals surface area (Å²) < 4.78 is 0. The van der Waals surface area contributed by atoms with Crippen LogP contribution in [0.25, 0.3) is 0 Å². The van der Waals surface area contributed by atoms with Gasteiger partial charge in [-0.2, -0.15) is 0 Å². The topological polar surface area (TPSA) is 50.7 Å². The molecule has 1 N–H and O–H groups in total. The van der Waals surface area contributed by atoms with Gasteiger partial charge in [-0.15, -0.1) is 0 Å². The van der Waals surface area contributed by atoms with Gasteiger partial charge in [0.05, 0.1) is 0 Å². The van der Waals surface area contributed by atoms with Crippen LogP contribution in [0.2, 0.25) is 0 Å². The summed E-state index contributed by atoms with van der Waals surface area (Å²) in [5.41, 5.74) is 1.64. The fourth-order valence-corrected chi connectivity index (χ4v) is 1.07. The molecular formula is C12H15ClN2O2. The number of benzene rings is 1. The van der Waals surface area contributed by atoms with Gasteiger partial charge in [-0.1, -0.05) is 48.8 Å². The second-order valence-corrected chi connectivity index (χ2v) is 4.27. The summed E-state index contributed by atoms with van der Waals surface area (Å²) in [5.74, 6) is 0.0305. The van der Waals surface area contributed by atoms with Gasteiger partial charge in [0.2, 0.25) is 0 Å². The van der Waals surface area contributed by atoms with Gasteiger partial charge in [-0.25, -0.2) is 4.79 Å². The highest BCUT2D eigenvalue weighted by Crippen LogP contribution is 2.13. The predicted octanol–water partition coefficient (Wildman–Crippen LogP) is 3.75. The maximum Gasteiger partial charge on any atom is 0.437 e. The van der Waals surface area contributed by atoms with Crippen molar-refractivity contribution in [3.05, 3.63) is 29.8 Å². The van der Waals surface area contributed by atoms with Crippen LogP contribution in [0.4, 0.5) is 10.5 Å². The first-order chi connectivity index (χ1) is 8.00. The molecule has 1 aromatic rings. The molecule has 0 spiro atoms. The Labute approximate surface area is 106 Å². The van der Waals surface area contributed by atoms with Crippen LogP contribution in [-0.2, 0) is 4.84 Å². The average Bonchev–Trinajstić information content (AvgIpc) is 2.29. The van der Waals surface area contributed by atoms with Crippen molar-refractivity contribution in [2.75, 3.05) is 5.32 Å². The molecule has 5 heteroatoms. The van der Waals surface area contributed by atoms with Gasteiger partial charge < -0.3 is 0 Å². The minimum Gasteiger partial charge on any atom is -0.297 e. The largest absolute Gasteiger partial charge is 0.437 e. The number of carbonyl (C=O) groups excluding carboxylic acids is 1. The first-order valence-corrected chi connectivity index (χ1v) is 5.65. The van der Waals surface area contributed by atoms with Gasteiger partial charge in [0, 0.05) is 11.6 Å². The lowest BCUT2D eigenvalue weighted by molar-refractivity contribution is 0.166. The van der Waals surface area contributed by atoms with E-state index >= 15 is 0 Å². The Morgan fingerprint density at radius 1 is 1.41 bits per heavy atom. The van der Waals surface area contributed by atoms with Gasteiger partial charge in [0.1, 0.15) is 5.17 Å². The highest BCUT2D eigenvalue weighted by molar-refractivity contribution is 6.65. The number of anilines is 1. The third-order valence-electron chi connectivity index (χ3n) is 2.07. The van der Waals surface area contributed by atoms with Crippen LogP contribution in [0.15, 0.2) is 29.4 Å². The lowest BCUT2D eigenvalue weighted by Crippen LogP contribution is -2.13. The second kappa shape index (κ2) is 6.25. The molecule has 4 nitrogen and oxygen atoms in total. The van der Waals surface area contributed by atoms with Crippen molar-refractivity contribution in [2.45, 2.75) is 20.8 Å². The molecule has 1 amide bonds. The Morgan fingerprint density at radius 2 is 2.06 bits per heavy atom. The number of hydrogen-bond donors (Lipinski definition) is 1. The summed E-state index contributed by atoms with van der Waals surface area (Å²) in [4.78, 5) is 16.0. The van der Waals surface area contributed by atoms with Crippen molar-refractivity contribution in [2.24, 2.45) is 11.1 Å². The molecule has 0 saturated heterocycles. The van der Waals surface area contributed by atoms with E-state index in [1.165, 1.54) is 0 Å². The number of carbonyl (C=O) groups is 1.